The Labute approximate surface area is 422 Å². The van der Waals surface area contributed by atoms with Gasteiger partial charge in [0.05, 0.1) is 11.0 Å². The van der Waals surface area contributed by atoms with Crippen LogP contribution < -0.4 is 10.4 Å². The van der Waals surface area contributed by atoms with E-state index in [2.05, 4.69) is 278 Å². The number of hydrogen-bond acceptors (Lipinski definition) is 1. The average molecular weight is 921 g/mol. The minimum absolute atomic E-state index is 0.295. The zero-order chi connectivity index (χ0) is 48.0. The van der Waals surface area contributed by atoms with Crippen molar-refractivity contribution >= 4 is 22.2 Å². The fraction of sp³-hybridized carbons (Fsp3) is 0.0714. The van der Waals surface area contributed by atoms with Crippen LogP contribution in [0, 0.1) is 5.41 Å². The van der Waals surface area contributed by atoms with Gasteiger partial charge in [-0.25, -0.2) is 4.98 Å². The van der Waals surface area contributed by atoms with E-state index >= 15 is 0 Å². The normalized spacial score (nSPS) is 16.9. The molecule has 2 nitrogen and oxygen atoms in total. The van der Waals surface area contributed by atoms with Gasteiger partial charge in [-0.05, 0) is 156 Å². The number of imidazole rings is 1. The molecule has 0 saturated carbocycles. The molecule has 3 aliphatic carbocycles. The van der Waals surface area contributed by atoms with Gasteiger partial charge in [0.2, 0.25) is 0 Å². The van der Waals surface area contributed by atoms with E-state index in [4.69, 9.17) is 4.98 Å². The van der Waals surface area contributed by atoms with Crippen molar-refractivity contribution in [3.05, 3.63) is 300 Å². The van der Waals surface area contributed by atoms with Gasteiger partial charge in [-0.2, -0.15) is 0 Å². The molecule has 0 saturated heterocycles. The van der Waals surface area contributed by atoms with Crippen molar-refractivity contribution in [2.24, 2.45) is 5.41 Å². The third-order valence-corrected chi connectivity index (χ3v) is 15.1. The van der Waals surface area contributed by atoms with Crippen LogP contribution >= 0.6 is 0 Å². The predicted octanol–water partition coefficient (Wildman–Crippen LogP) is 16.3. The number of para-hydroxylation sites is 3. The van der Waals surface area contributed by atoms with Crippen molar-refractivity contribution in [2.75, 3.05) is 0 Å². The number of rotatable bonds is 9. The molecule has 0 bridgehead atoms. The molecule has 0 amide bonds. The number of aromatic nitrogens is 2. The molecule has 0 spiro atoms. The minimum atomic E-state index is -0.338. The summed E-state index contributed by atoms with van der Waals surface area (Å²) in [5.41, 5.74) is 21.3. The summed E-state index contributed by atoms with van der Waals surface area (Å²) in [6.07, 6.45) is 18.0. The molecule has 72 heavy (non-hydrogen) atoms. The first kappa shape index (κ1) is 43.2. The van der Waals surface area contributed by atoms with Crippen LogP contribution in [0.1, 0.15) is 42.4 Å². The molecule has 2 unspecified atom stereocenters. The summed E-state index contributed by atoms with van der Waals surface area (Å²) in [5.74, 6) is 1.22. The maximum Gasteiger partial charge on any atom is 0.145 e. The molecule has 342 valence electrons. The molecule has 0 aliphatic heterocycles. The zero-order valence-electron chi connectivity index (χ0n) is 40.3. The van der Waals surface area contributed by atoms with Gasteiger partial charge in [-0.1, -0.05) is 219 Å². The van der Waals surface area contributed by atoms with E-state index in [1.165, 1.54) is 82.8 Å². The average Bonchev–Trinajstić information content (AvgIpc) is 3.85. The van der Waals surface area contributed by atoms with Gasteiger partial charge in [-0.15, -0.1) is 0 Å². The fourth-order valence-corrected chi connectivity index (χ4v) is 11.6. The van der Waals surface area contributed by atoms with E-state index in [1.807, 2.05) is 0 Å². The Morgan fingerprint density at radius 2 is 1.00 bits per heavy atom. The molecule has 0 fully saturated rings. The van der Waals surface area contributed by atoms with Gasteiger partial charge < -0.3 is 0 Å². The standard InChI is InChI=1S/C70H52N2/c1-70-40-20-19-31-64(70)67(59-43-55(48-21-7-2-8-22-48)41-56(44-59)49-23-9-3-10-24-49)63-47-54(52-34-36-53(37-35-52)69-71-65-32-17-18-33-66(65)72(69)61-29-15-6-16-30-61)38-39-62(63)68(70)60-45-57(50-25-11-4-12-26-50)42-58(46-60)51-27-13-5-14-28-51/h2-27,29-39,41-47,51H,28,40H2,1H3. The Balaban J connectivity index is 1.08. The van der Waals surface area contributed by atoms with Gasteiger partial charge in [-0.3, -0.25) is 4.57 Å². The Hall–Kier alpha value is -8.85. The molecule has 9 aromatic carbocycles. The first-order chi connectivity index (χ1) is 35.6. The van der Waals surface area contributed by atoms with Gasteiger partial charge in [0.25, 0.3) is 0 Å². The van der Waals surface area contributed by atoms with E-state index in [-0.39, 0.29) is 5.41 Å². The third-order valence-electron chi connectivity index (χ3n) is 15.1. The SMILES string of the molecule is CC12CC=CC=C1C(c1cc(-c3ccccc3)cc(-c3ccccc3)c1)=c1cc(-c3ccc(-c4nc5ccccc5n4-c4ccccc4)cc3)ccc1=C2c1cc(-c2ccccc2)cc(C2C=CC=CC2)c1. The maximum absolute atomic E-state index is 5.20. The van der Waals surface area contributed by atoms with Crippen molar-refractivity contribution in [3.63, 3.8) is 0 Å². The van der Waals surface area contributed by atoms with Crippen LogP contribution in [0.5, 0.6) is 0 Å². The second-order valence-corrected chi connectivity index (χ2v) is 19.6. The van der Waals surface area contributed by atoms with E-state index in [0.29, 0.717) is 5.92 Å². The molecule has 3 aliphatic rings. The topological polar surface area (TPSA) is 17.8 Å². The van der Waals surface area contributed by atoms with Crippen LogP contribution in [0.15, 0.2) is 273 Å². The summed E-state index contributed by atoms with van der Waals surface area (Å²) in [7, 11) is 0. The number of benzene rings is 9. The maximum atomic E-state index is 5.20. The number of allylic oxidation sites excluding steroid dienone is 8. The number of nitrogens with zero attached hydrogens (tertiary/aromatic N) is 2. The first-order valence-corrected chi connectivity index (χ1v) is 25.3. The van der Waals surface area contributed by atoms with E-state index < -0.39 is 0 Å². The molecule has 13 rings (SSSR count). The number of hydrogen-bond donors (Lipinski definition) is 0. The molecule has 0 radical (unpaired) electrons. The zero-order valence-corrected chi connectivity index (χ0v) is 40.3. The lowest BCUT2D eigenvalue weighted by atomic mass is 9.62. The molecule has 1 aromatic heterocycles. The van der Waals surface area contributed by atoms with E-state index in [9.17, 15) is 0 Å². The first-order valence-electron chi connectivity index (χ1n) is 25.3. The predicted molar refractivity (Wildman–Crippen MR) is 301 cm³/mol. The summed E-state index contributed by atoms with van der Waals surface area (Å²) in [4.78, 5) is 5.20. The molecular formula is C70H52N2. The van der Waals surface area contributed by atoms with Crippen molar-refractivity contribution in [1.82, 2.24) is 9.55 Å². The highest BCUT2D eigenvalue weighted by Gasteiger charge is 2.40. The third kappa shape index (κ3) is 7.73. The molecule has 2 heteroatoms. The second-order valence-electron chi connectivity index (χ2n) is 19.6. The van der Waals surface area contributed by atoms with Crippen LogP contribution in [-0.2, 0) is 0 Å². The van der Waals surface area contributed by atoms with Crippen molar-refractivity contribution in [3.8, 4) is 61.6 Å². The summed E-state index contributed by atoms with van der Waals surface area (Å²) < 4.78 is 2.28. The van der Waals surface area contributed by atoms with Crippen molar-refractivity contribution in [2.45, 2.75) is 25.7 Å². The van der Waals surface area contributed by atoms with Crippen LogP contribution in [-0.4, -0.2) is 9.55 Å². The van der Waals surface area contributed by atoms with Gasteiger partial charge >= 0.3 is 0 Å². The summed E-state index contributed by atoms with van der Waals surface area (Å²) >= 11 is 0. The van der Waals surface area contributed by atoms with Gasteiger partial charge in [0, 0.05) is 22.6 Å². The Morgan fingerprint density at radius 3 is 1.67 bits per heavy atom. The van der Waals surface area contributed by atoms with Crippen molar-refractivity contribution < 1.29 is 0 Å². The quantitative estimate of drug-likeness (QED) is 0.141. The summed E-state index contributed by atoms with van der Waals surface area (Å²) in [6.45, 7) is 2.49. The largest absolute Gasteiger partial charge is 0.292 e. The molecule has 1 heterocycles. The summed E-state index contributed by atoms with van der Waals surface area (Å²) in [6, 6.07) is 82.5. The molecule has 0 N–H and O–H groups in total. The monoisotopic (exact) mass is 920 g/mol. The Morgan fingerprint density at radius 1 is 0.444 bits per heavy atom. The minimum Gasteiger partial charge on any atom is -0.292 e. The van der Waals surface area contributed by atoms with Gasteiger partial charge in [0.1, 0.15) is 5.82 Å². The Kier molecular flexibility index (Phi) is 10.9. The lowest BCUT2D eigenvalue weighted by molar-refractivity contribution is 0.547. The highest BCUT2D eigenvalue weighted by molar-refractivity contribution is 5.94. The smallest absolute Gasteiger partial charge is 0.145 e. The lowest BCUT2D eigenvalue weighted by Gasteiger charge is -2.41. The van der Waals surface area contributed by atoms with Crippen LogP contribution in [0.2, 0.25) is 0 Å². The van der Waals surface area contributed by atoms with E-state index in [1.54, 1.807) is 0 Å². The highest BCUT2D eigenvalue weighted by atomic mass is 15.1. The molecular weight excluding hydrogens is 869 g/mol. The summed E-state index contributed by atoms with van der Waals surface area (Å²) in [5, 5.41) is 2.52. The molecule has 2 atom stereocenters. The van der Waals surface area contributed by atoms with Crippen molar-refractivity contribution in [1.29, 1.82) is 0 Å². The van der Waals surface area contributed by atoms with Gasteiger partial charge in [0.15, 0.2) is 0 Å². The highest BCUT2D eigenvalue weighted by Crippen LogP contribution is 2.52. The number of fused-ring (bicyclic) bond motifs is 3. The van der Waals surface area contributed by atoms with Crippen LogP contribution in [0.3, 0.4) is 0 Å². The fourth-order valence-electron chi connectivity index (χ4n) is 11.6. The van der Waals surface area contributed by atoms with Crippen LogP contribution in [0.4, 0.5) is 0 Å². The van der Waals surface area contributed by atoms with Crippen LogP contribution in [0.25, 0.3) is 83.8 Å². The lowest BCUT2D eigenvalue weighted by Crippen LogP contribution is -2.42. The molecule has 10 aromatic rings. The second kappa shape index (κ2) is 18.2. The Bertz CT molecular complexity index is 3890. The van der Waals surface area contributed by atoms with E-state index in [0.717, 1.165) is 46.5 Å².